The minimum atomic E-state index is -0.912. The Kier molecular flexibility index (Phi) is 4.66. The van der Waals surface area contributed by atoms with Gasteiger partial charge in [-0.1, -0.05) is 17.7 Å². The molecule has 24 heavy (non-hydrogen) atoms. The molecule has 0 spiro atoms. The largest absolute Gasteiger partial charge is 0.480 e. The van der Waals surface area contributed by atoms with Crippen molar-refractivity contribution in [1.29, 1.82) is 0 Å². The van der Waals surface area contributed by atoms with Crippen molar-refractivity contribution >= 4 is 23.2 Å². The first-order valence-electron chi connectivity index (χ1n) is 8.09. The number of aromatic nitrogens is 1. The fraction of sp³-hybridized carbons (Fsp3) is 0.389. The lowest BCUT2D eigenvalue weighted by Gasteiger charge is -2.17. The molecule has 6 heteroatoms. The van der Waals surface area contributed by atoms with E-state index in [4.69, 9.17) is 0 Å². The zero-order chi connectivity index (χ0) is 17.3. The molecule has 1 aromatic heterocycles. The van der Waals surface area contributed by atoms with Gasteiger partial charge in [0.2, 0.25) is 0 Å². The lowest BCUT2D eigenvalue weighted by molar-refractivity contribution is -0.140. The zero-order valence-electron chi connectivity index (χ0n) is 13.8. The minimum Gasteiger partial charge on any atom is -0.480 e. The molecular formula is C18H20N2O3S. The van der Waals surface area contributed by atoms with Gasteiger partial charge in [0.25, 0.3) is 5.91 Å². The number of carboxylic acid groups (broad SMARTS) is 1. The van der Waals surface area contributed by atoms with Gasteiger partial charge in [-0.3, -0.25) is 4.79 Å². The third-order valence-corrected chi connectivity index (χ3v) is 5.50. The molecule has 0 radical (unpaired) electrons. The first-order valence-corrected chi connectivity index (χ1v) is 8.90. The Morgan fingerprint density at radius 3 is 2.54 bits per heavy atom. The van der Waals surface area contributed by atoms with Crippen LogP contribution in [0.5, 0.6) is 0 Å². The van der Waals surface area contributed by atoms with Crippen LogP contribution in [0, 0.1) is 6.92 Å². The maximum absolute atomic E-state index is 12.5. The highest BCUT2D eigenvalue weighted by atomic mass is 32.1. The average Bonchev–Trinajstić information content (AvgIpc) is 2.92. The Morgan fingerprint density at radius 1 is 1.21 bits per heavy atom. The number of amides is 1. The van der Waals surface area contributed by atoms with Crippen molar-refractivity contribution in [3.8, 4) is 0 Å². The van der Waals surface area contributed by atoms with Gasteiger partial charge in [-0.05, 0) is 51.7 Å². The number of hydrogen-bond donors (Lipinski definition) is 1. The number of carbonyl (C=O) groups is 2. The molecule has 1 aliphatic rings. The van der Waals surface area contributed by atoms with E-state index in [-0.39, 0.29) is 5.91 Å². The van der Waals surface area contributed by atoms with Gasteiger partial charge in [0, 0.05) is 16.1 Å². The summed E-state index contributed by atoms with van der Waals surface area (Å²) in [7, 11) is 0. The van der Waals surface area contributed by atoms with E-state index < -0.39 is 12.0 Å². The van der Waals surface area contributed by atoms with E-state index in [0.29, 0.717) is 10.4 Å². The number of nitrogens with zero attached hydrogens (tertiary/aromatic N) is 2. The Labute approximate surface area is 144 Å². The molecule has 0 bridgehead atoms. The molecule has 1 atom stereocenters. The summed E-state index contributed by atoms with van der Waals surface area (Å²) in [5.74, 6) is -1.25. The van der Waals surface area contributed by atoms with E-state index in [9.17, 15) is 14.7 Å². The highest BCUT2D eigenvalue weighted by Crippen LogP contribution is 2.26. The van der Waals surface area contributed by atoms with Gasteiger partial charge in [0.1, 0.15) is 6.04 Å². The number of carbonyl (C=O) groups excluding carboxylic acids is 1. The van der Waals surface area contributed by atoms with Crippen LogP contribution in [0.3, 0.4) is 0 Å². The molecule has 2 aromatic rings. The molecular weight excluding hydrogens is 324 g/mol. The second-order valence-corrected chi connectivity index (χ2v) is 7.19. The summed E-state index contributed by atoms with van der Waals surface area (Å²) >= 11 is 1.45. The van der Waals surface area contributed by atoms with E-state index >= 15 is 0 Å². The summed E-state index contributed by atoms with van der Waals surface area (Å²) < 4.78 is 1.73. The Morgan fingerprint density at radius 2 is 1.88 bits per heavy atom. The van der Waals surface area contributed by atoms with Crippen molar-refractivity contribution in [3.63, 3.8) is 0 Å². The van der Waals surface area contributed by atoms with E-state index in [2.05, 4.69) is 4.99 Å². The van der Waals surface area contributed by atoms with Gasteiger partial charge in [0.05, 0.1) is 0 Å². The third kappa shape index (κ3) is 3.19. The van der Waals surface area contributed by atoms with Crippen LogP contribution in [0.1, 0.15) is 52.3 Å². The fourth-order valence-corrected chi connectivity index (χ4v) is 4.22. The Hall–Kier alpha value is -2.21. The summed E-state index contributed by atoms with van der Waals surface area (Å²) in [6.45, 7) is 3.60. The van der Waals surface area contributed by atoms with Crippen molar-refractivity contribution in [3.05, 3.63) is 50.8 Å². The first kappa shape index (κ1) is 16.6. The van der Waals surface area contributed by atoms with Gasteiger partial charge >= 0.3 is 5.97 Å². The molecule has 126 valence electrons. The highest BCUT2D eigenvalue weighted by molar-refractivity contribution is 7.09. The van der Waals surface area contributed by atoms with Gasteiger partial charge in [-0.25, -0.2) is 4.79 Å². The predicted molar refractivity (Wildman–Crippen MR) is 92.4 cm³/mol. The maximum atomic E-state index is 12.5. The Balaban J connectivity index is 2.09. The molecule has 1 N–H and O–H groups in total. The number of fused-ring (bicyclic) bond motifs is 1. The minimum absolute atomic E-state index is 0.333. The molecule has 3 rings (SSSR count). The van der Waals surface area contributed by atoms with E-state index in [1.54, 1.807) is 23.6 Å². The fourth-order valence-electron chi connectivity index (χ4n) is 2.94. The normalized spacial score (nSPS) is 15.8. The summed E-state index contributed by atoms with van der Waals surface area (Å²) in [5, 5.41) is 9.42. The number of benzene rings is 1. The van der Waals surface area contributed by atoms with Crippen LogP contribution in [0.25, 0.3) is 0 Å². The number of aryl methyl sites for hydroxylation is 2. The van der Waals surface area contributed by atoms with E-state index in [1.807, 2.05) is 19.1 Å². The van der Waals surface area contributed by atoms with Crippen LogP contribution < -0.4 is 4.80 Å². The topological polar surface area (TPSA) is 71.7 Å². The van der Waals surface area contributed by atoms with Crippen molar-refractivity contribution in [1.82, 2.24) is 4.57 Å². The molecule has 1 heterocycles. The second kappa shape index (κ2) is 6.73. The molecule has 0 fully saturated rings. The molecule has 1 amide bonds. The lowest BCUT2D eigenvalue weighted by Crippen LogP contribution is -2.28. The maximum Gasteiger partial charge on any atom is 0.326 e. The smallest absolute Gasteiger partial charge is 0.326 e. The number of carboxylic acids is 1. The van der Waals surface area contributed by atoms with E-state index in [1.165, 1.54) is 11.3 Å². The molecule has 1 aromatic carbocycles. The summed E-state index contributed by atoms with van der Waals surface area (Å²) in [6, 6.07) is 6.51. The lowest BCUT2D eigenvalue weighted by atomic mass is 10.0. The number of hydrogen-bond acceptors (Lipinski definition) is 3. The highest BCUT2D eigenvalue weighted by Gasteiger charge is 2.24. The van der Waals surface area contributed by atoms with Crippen LogP contribution in [0.2, 0.25) is 0 Å². The van der Waals surface area contributed by atoms with E-state index in [0.717, 1.165) is 41.8 Å². The van der Waals surface area contributed by atoms with Crippen molar-refractivity contribution in [2.24, 2.45) is 4.99 Å². The van der Waals surface area contributed by atoms with Crippen LogP contribution in [-0.4, -0.2) is 21.6 Å². The molecule has 1 unspecified atom stereocenters. The van der Waals surface area contributed by atoms with Crippen LogP contribution in [0.15, 0.2) is 29.3 Å². The number of aliphatic carboxylic acids is 1. The molecule has 5 nitrogen and oxygen atoms in total. The third-order valence-electron chi connectivity index (χ3n) is 4.34. The zero-order valence-corrected chi connectivity index (χ0v) is 14.6. The van der Waals surface area contributed by atoms with Crippen LogP contribution in [-0.2, 0) is 17.6 Å². The molecule has 0 aliphatic heterocycles. The molecule has 0 saturated carbocycles. The quantitative estimate of drug-likeness (QED) is 0.930. The van der Waals surface area contributed by atoms with Crippen molar-refractivity contribution in [2.75, 3.05) is 0 Å². The summed E-state index contributed by atoms with van der Waals surface area (Å²) in [5.41, 5.74) is 2.62. The molecule has 0 saturated heterocycles. The second-order valence-electron chi connectivity index (χ2n) is 6.13. The van der Waals surface area contributed by atoms with Crippen molar-refractivity contribution in [2.45, 2.75) is 45.6 Å². The van der Waals surface area contributed by atoms with Gasteiger partial charge in [-0.2, -0.15) is 4.99 Å². The number of thiazole rings is 1. The average molecular weight is 344 g/mol. The summed E-state index contributed by atoms with van der Waals surface area (Å²) in [4.78, 5) is 29.8. The number of rotatable bonds is 3. The van der Waals surface area contributed by atoms with Crippen LogP contribution in [0.4, 0.5) is 0 Å². The van der Waals surface area contributed by atoms with Gasteiger partial charge in [0.15, 0.2) is 4.80 Å². The first-order chi connectivity index (χ1) is 11.5. The SMILES string of the molecule is Cc1ccc(C(=O)N=c2sc3c(n2C(C)C(=O)O)CCCC3)cc1. The van der Waals surface area contributed by atoms with Gasteiger partial charge < -0.3 is 9.67 Å². The monoisotopic (exact) mass is 344 g/mol. The molecule has 1 aliphatic carbocycles. The predicted octanol–water partition coefficient (Wildman–Crippen LogP) is 3.12. The van der Waals surface area contributed by atoms with Crippen molar-refractivity contribution < 1.29 is 14.7 Å². The summed E-state index contributed by atoms with van der Waals surface area (Å²) in [6.07, 6.45) is 3.92. The van der Waals surface area contributed by atoms with Crippen LogP contribution >= 0.6 is 11.3 Å². The Bertz CT molecular complexity index is 846. The standard InChI is InChI=1S/C18H20N2O3S/c1-11-7-9-13(10-8-11)16(21)19-18-20(12(2)17(22)23)14-5-3-4-6-15(14)24-18/h7-10,12H,3-6H2,1-2H3,(H,22,23). The van der Waals surface area contributed by atoms with Gasteiger partial charge in [-0.15, -0.1) is 11.3 Å².